The van der Waals surface area contributed by atoms with Crippen molar-refractivity contribution in [1.82, 2.24) is 9.88 Å². The minimum atomic E-state index is -1.80. The van der Waals surface area contributed by atoms with E-state index in [4.69, 9.17) is 9.68 Å². The van der Waals surface area contributed by atoms with E-state index < -0.39 is 7.12 Å². The van der Waals surface area contributed by atoms with Crippen molar-refractivity contribution >= 4 is 24.8 Å². The molecule has 1 aromatic heterocycles. The highest BCUT2D eigenvalue weighted by molar-refractivity contribution is 6.60. The predicted molar refractivity (Wildman–Crippen MR) is 104 cm³/mol. The van der Waals surface area contributed by atoms with Crippen LogP contribution in [0.3, 0.4) is 0 Å². The lowest BCUT2D eigenvalue weighted by Gasteiger charge is -2.16. The molecule has 0 atom stereocenters. The van der Waals surface area contributed by atoms with Gasteiger partial charge in [0.15, 0.2) is 0 Å². The number of nitriles is 1. The molecule has 144 valence electrons. The maximum absolute atomic E-state index is 12.6. The van der Waals surface area contributed by atoms with Gasteiger partial charge in [-0.05, 0) is 41.9 Å². The number of rotatable bonds is 6. The summed E-state index contributed by atoms with van der Waals surface area (Å²) >= 11 is 0. The van der Waals surface area contributed by atoms with Gasteiger partial charge in [-0.1, -0.05) is 6.07 Å². The fraction of sp³-hybridized carbons (Fsp3) is 0.100. The molecule has 2 aromatic carbocycles. The van der Waals surface area contributed by atoms with Crippen molar-refractivity contribution in [3.8, 4) is 17.5 Å². The maximum Gasteiger partial charge on any atom is 0.489 e. The number of benzene rings is 2. The number of carbonyl (C=O) groups is 2. The van der Waals surface area contributed by atoms with Crippen LogP contribution in [0.15, 0.2) is 53.1 Å². The zero-order valence-electron chi connectivity index (χ0n) is 15.4. The van der Waals surface area contributed by atoms with E-state index >= 15 is 0 Å². The van der Waals surface area contributed by atoms with E-state index in [1.54, 1.807) is 31.3 Å². The third-order valence-corrected chi connectivity index (χ3v) is 4.30. The van der Waals surface area contributed by atoms with Gasteiger partial charge in [0.25, 0.3) is 5.91 Å². The molecule has 0 saturated carbocycles. The largest absolute Gasteiger partial charge is 0.489 e. The van der Waals surface area contributed by atoms with Gasteiger partial charge in [-0.3, -0.25) is 9.59 Å². The molecule has 3 aromatic rings. The van der Waals surface area contributed by atoms with Gasteiger partial charge in [0, 0.05) is 23.7 Å². The van der Waals surface area contributed by atoms with Crippen molar-refractivity contribution in [3.05, 3.63) is 71.1 Å². The Morgan fingerprint density at radius 3 is 2.62 bits per heavy atom. The summed E-state index contributed by atoms with van der Waals surface area (Å²) in [5, 5.41) is 27.4. The highest BCUT2D eigenvalue weighted by atomic mass is 16.4. The Morgan fingerprint density at radius 2 is 2.00 bits per heavy atom. The van der Waals surface area contributed by atoms with Gasteiger partial charge in [-0.2, -0.15) is 5.26 Å². The molecule has 0 saturated heterocycles. The first-order valence-electron chi connectivity index (χ1n) is 8.58. The lowest BCUT2D eigenvalue weighted by atomic mass is 9.77. The second-order valence-electron chi connectivity index (χ2n) is 6.33. The van der Waals surface area contributed by atoms with Crippen LogP contribution in [0, 0.1) is 11.3 Å². The Kier molecular flexibility index (Phi) is 5.88. The molecular formula is C20H16BN3O5. The molecule has 8 nitrogen and oxygen atoms in total. The number of aldehydes is 1. The number of amides is 1. The molecule has 0 fully saturated rings. The Morgan fingerprint density at radius 1 is 1.28 bits per heavy atom. The molecular weight excluding hydrogens is 373 g/mol. The van der Waals surface area contributed by atoms with Crippen molar-refractivity contribution in [2.24, 2.45) is 0 Å². The summed E-state index contributed by atoms with van der Waals surface area (Å²) in [6.07, 6.45) is 1.91. The van der Waals surface area contributed by atoms with Crippen LogP contribution in [-0.2, 0) is 6.54 Å². The molecule has 3 rings (SSSR count). The number of carbonyl (C=O) groups excluding carboxylic acids is 2. The van der Waals surface area contributed by atoms with E-state index in [2.05, 4.69) is 4.98 Å². The van der Waals surface area contributed by atoms with E-state index in [1.165, 1.54) is 29.4 Å². The minimum Gasteiger partial charge on any atom is -0.444 e. The molecule has 0 radical (unpaired) electrons. The quantitative estimate of drug-likeness (QED) is 0.475. The van der Waals surface area contributed by atoms with Crippen LogP contribution in [0.2, 0.25) is 0 Å². The Hall–Kier alpha value is -3.74. The highest BCUT2D eigenvalue weighted by Gasteiger charge is 2.20. The number of hydrogen-bond acceptors (Lipinski definition) is 7. The van der Waals surface area contributed by atoms with Crippen LogP contribution in [-0.4, -0.2) is 46.3 Å². The molecule has 1 amide bonds. The molecule has 0 aliphatic rings. The summed E-state index contributed by atoms with van der Waals surface area (Å²) in [5.41, 5.74) is 2.05. The average Bonchev–Trinajstić information content (AvgIpc) is 3.21. The van der Waals surface area contributed by atoms with Gasteiger partial charge in [0.2, 0.25) is 5.89 Å². The van der Waals surface area contributed by atoms with E-state index in [1.807, 2.05) is 6.07 Å². The van der Waals surface area contributed by atoms with Crippen LogP contribution in [0.25, 0.3) is 11.5 Å². The molecule has 0 bridgehead atoms. The van der Waals surface area contributed by atoms with Crippen molar-refractivity contribution in [2.75, 3.05) is 7.05 Å². The smallest absolute Gasteiger partial charge is 0.444 e. The lowest BCUT2D eigenvalue weighted by molar-refractivity contribution is 0.0783. The van der Waals surface area contributed by atoms with Crippen LogP contribution < -0.4 is 5.46 Å². The summed E-state index contributed by atoms with van der Waals surface area (Å²) < 4.78 is 5.46. The molecule has 0 unspecified atom stereocenters. The molecule has 9 heteroatoms. The van der Waals surface area contributed by atoms with Gasteiger partial charge < -0.3 is 19.4 Å². The summed E-state index contributed by atoms with van der Waals surface area (Å²) in [5.74, 6) is 0.00451. The predicted octanol–water partition coefficient (Wildman–Crippen LogP) is 0.978. The standard InChI is InChI=1S/C20H16BN3O5/c1-24(20(26)15-6-7-18(21(27)28)16(8-15)11-25)10-17-12-29-19(23-17)14-4-2-13(9-22)3-5-14/h2-8,11-12,27-28H,10H2,1H3. The van der Waals surface area contributed by atoms with Crippen molar-refractivity contribution in [1.29, 1.82) is 5.26 Å². The van der Waals surface area contributed by atoms with Crippen LogP contribution in [0.1, 0.15) is 32.0 Å². The summed E-state index contributed by atoms with van der Waals surface area (Å²) in [6, 6.07) is 12.9. The SMILES string of the molecule is CN(Cc1coc(-c2ccc(C#N)cc2)n1)C(=O)c1ccc(B(O)O)c(C=O)c1. The Bertz CT molecular complexity index is 1090. The lowest BCUT2D eigenvalue weighted by Crippen LogP contribution is -2.34. The summed E-state index contributed by atoms with van der Waals surface area (Å²) in [7, 11) is -0.221. The van der Waals surface area contributed by atoms with Crippen LogP contribution in [0.4, 0.5) is 0 Å². The molecule has 0 aliphatic heterocycles. The molecule has 0 aliphatic carbocycles. The number of hydrogen-bond donors (Lipinski definition) is 2. The monoisotopic (exact) mass is 389 g/mol. The first kappa shape index (κ1) is 20.0. The first-order valence-corrected chi connectivity index (χ1v) is 8.58. The molecule has 2 N–H and O–H groups in total. The number of nitrogens with zero attached hydrogens (tertiary/aromatic N) is 3. The number of oxazole rings is 1. The van der Waals surface area contributed by atoms with E-state index in [0.717, 1.165) is 0 Å². The first-order chi connectivity index (χ1) is 13.9. The second kappa shape index (κ2) is 8.52. The summed E-state index contributed by atoms with van der Waals surface area (Å²) in [4.78, 5) is 29.6. The summed E-state index contributed by atoms with van der Waals surface area (Å²) in [6.45, 7) is 0.166. The van der Waals surface area contributed by atoms with Crippen LogP contribution >= 0.6 is 0 Å². The van der Waals surface area contributed by atoms with E-state index in [9.17, 15) is 19.6 Å². The van der Waals surface area contributed by atoms with Gasteiger partial charge in [-0.15, -0.1) is 0 Å². The zero-order valence-corrected chi connectivity index (χ0v) is 15.4. The normalized spacial score (nSPS) is 10.3. The Labute approximate surface area is 166 Å². The second-order valence-corrected chi connectivity index (χ2v) is 6.33. The third-order valence-electron chi connectivity index (χ3n) is 4.30. The van der Waals surface area contributed by atoms with Gasteiger partial charge in [0.05, 0.1) is 23.9 Å². The highest BCUT2D eigenvalue weighted by Crippen LogP contribution is 2.20. The average molecular weight is 389 g/mol. The fourth-order valence-corrected chi connectivity index (χ4v) is 2.78. The third kappa shape index (κ3) is 4.40. The topological polar surface area (TPSA) is 128 Å². The van der Waals surface area contributed by atoms with E-state index in [-0.39, 0.29) is 29.0 Å². The minimum absolute atomic E-state index is 0.0303. The van der Waals surface area contributed by atoms with Crippen molar-refractivity contribution < 1.29 is 24.1 Å². The van der Waals surface area contributed by atoms with E-state index in [0.29, 0.717) is 29.0 Å². The maximum atomic E-state index is 12.6. The van der Waals surface area contributed by atoms with Crippen molar-refractivity contribution in [2.45, 2.75) is 6.54 Å². The molecule has 1 heterocycles. The number of aromatic nitrogens is 1. The Balaban J connectivity index is 1.74. The van der Waals surface area contributed by atoms with Gasteiger partial charge in [-0.25, -0.2) is 4.98 Å². The van der Waals surface area contributed by atoms with Crippen molar-refractivity contribution in [3.63, 3.8) is 0 Å². The molecule has 0 spiro atoms. The molecule has 29 heavy (non-hydrogen) atoms. The van der Waals surface area contributed by atoms with Gasteiger partial charge >= 0.3 is 7.12 Å². The van der Waals surface area contributed by atoms with Crippen LogP contribution in [0.5, 0.6) is 0 Å². The van der Waals surface area contributed by atoms with Gasteiger partial charge in [0.1, 0.15) is 12.5 Å². The fourth-order valence-electron chi connectivity index (χ4n) is 2.78. The zero-order chi connectivity index (χ0) is 21.0.